The lowest BCUT2D eigenvalue weighted by atomic mass is 10.0. The highest BCUT2D eigenvalue weighted by Gasteiger charge is 2.35. The van der Waals surface area contributed by atoms with Crippen molar-refractivity contribution < 1.29 is 18.0 Å². The molecule has 0 bridgehead atoms. The number of carbonyl (C=O) groups is 2. The number of benzene rings is 4. The molecule has 7 nitrogen and oxygen atoms in total. The number of anilines is 1. The van der Waals surface area contributed by atoms with Crippen molar-refractivity contribution in [1.29, 1.82) is 0 Å². The number of nitrogens with zero attached hydrogens (tertiary/aromatic N) is 2. The molecule has 0 aromatic heterocycles. The van der Waals surface area contributed by atoms with E-state index >= 15 is 0 Å². The number of rotatable bonds is 12. The van der Waals surface area contributed by atoms with E-state index in [0.717, 1.165) is 46.7 Å². The lowest BCUT2D eigenvalue weighted by Crippen LogP contribution is -2.54. The normalized spacial score (nSPS) is 14.1. The fraction of sp³-hybridized carbons (Fsp3) is 0.278. The van der Waals surface area contributed by atoms with Crippen LogP contribution in [0.4, 0.5) is 5.69 Å². The smallest absolute Gasteiger partial charge is 0.264 e. The van der Waals surface area contributed by atoms with Crippen LogP contribution in [0.5, 0.6) is 0 Å². The van der Waals surface area contributed by atoms with E-state index < -0.39 is 28.5 Å². The third kappa shape index (κ3) is 8.10. The molecule has 0 radical (unpaired) electrons. The summed E-state index contributed by atoms with van der Waals surface area (Å²) in [5.41, 5.74) is 2.87. The first-order valence-corrected chi connectivity index (χ1v) is 17.5. The van der Waals surface area contributed by atoms with Crippen LogP contribution in [0, 0.1) is 6.92 Å². The topological polar surface area (TPSA) is 86.8 Å². The first kappa shape index (κ1) is 33.5. The number of nitrogens with one attached hydrogen (secondary N) is 1. The van der Waals surface area contributed by atoms with Gasteiger partial charge in [-0.25, -0.2) is 8.42 Å². The monoisotopic (exact) mass is 677 g/mol. The Morgan fingerprint density at radius 1 is 0.848 bits per heavy atom. The third-order valence-electron chi connectivity index (χ3n) is 8.38. The Morgan fingerprint density at radius 3 is 2.13 bits per heavy atom. The van der Waals surface area contributed by atoms with E-state index in [-0.39, 0.29) is 45.5 Å². The van der Waals surface area contributed by atoms with E-state index in [1.807, 2.05) is 61.5 Å². The molecule has 1 aliphatic rings. The summed E-state index contributed by atoms with van der Waals surface area (Å²) in [6.45, 7) is 1.50. The molecular formula is C36H37Cl2N3O4S. The second-order valence-electron chi connectivity index (χ2n) is 11.6. The maximum absolute atomic E-state index is 14.6. The van der Waals surface area contributed by atoms with Crippen LogP contribution in [-0.4, -0.2) is 43.8 Å². The molecule has 0 spiro atoms. The van der Waals surface area contributed by atoms with Gasteiger partial charge in [-0.05, 0) is 66.8 Å². The molecule has 240 valence electrons. The lowest BCUT2D eigenvalue weighted by Gasteiger charge is -2.34. The molecule has 1 saturated carbocycles. The fourth-order valence-corrected chi connectivity index (χ4v) is 7.50. The van der Waals surface area contributed by atoms with Crippen molar-refractivity contribution in [2.24, 2.45) is 0 Å². The van der Waals surface area contributed by atoms with Crippen LogP contribution >= 0.6 is 23.2 Å². The molecule has 2 amide bonds. The molecule has 1 aliphatic carbocycles. The summed E-state index contributed by atoms with van der Waals surface area (Å²) >= 11 is 12.5. The van der Waals surface area contributed by atoms with E-state index in [2.05, 4.69) is 5.32 Å². The van der Waals surface area contributed by atoms with Crippen LogP contribution in [-0.2, 0) is 32.6 Å². The van der Waals surface area contributed by atoms with Gasteiger partial charge in [0, 0.05) is 19.0 Å². The number of carbonyl (C=O) groups excluding carboxylic acids is 2. The molecular weight excluding hydrogens is 641 g/mol. The number of aryl methyl sites for hydroxylation is 1. The summed E-state index contributed by atoms with van der Waals surface area (Å²) in [4.78, 5) is 30.3. The maximum Gasteiger partial charge on any atom is 0.264 e. The Balaban J connectivity index is 1.58. The van der Waals surface area contributed by atoms with Crippen LogP contribution < -0.4 is 9.62 Å². The number of halogens is 2. The summed E-state index contributed by atoms with van der Waals surface area (Å²) < 4.78 is 29.3. The van der Waals surface area contributed by atoms with Crippen molar-refractivity contribution in [1.82, 2.24) is 10.2 Å². The molecule has 46 heavy (non-hydrogen) atoms. The van der Waals surface area contributed by atoms with Crippen LogP contribution in [0.1, 0.15) is 42.4 Å². The van der Waals surface area contributed by atoms with Gasteiger partial charge in [0.15, 0.2) is 0 Å². The molecule has 4 aromatic carbocycles. The third-order valence-corrected chi connectivity index (χ3v) is 10.9. The first-order chi connectivity index (χ1) is 22.1. The van der Waals surface area contributed by atoms with Gasteiger partial charge in [0.1, 0.15) is 12.6 Å². The van der Waals surface area contributed by atoms with Gasteiger partial charge >= 0.3 is 0 Å². The molecule has 0 saturated heterocycles. The second kappa shape index (κ2) is 15.2. The Hall–Kier alpha value is -3.85. The second-order valence-corrected chi connectivity index (χ2v) is 14.2. The van der Waals surface area contributed by atoms with Crippen LogP contribution in [0.15, 0.2) is 108 Å². The highest BCUT2D eigenvalue weighted by atomic mass is 35.5. The van der Waals surface area contributed by atoms with Crippen molar-refractivity contribution >= 4 is 50.7 Å². The molecule has 1 atom stereocenters. The Labute approximate surface area is 281 Å². The highest BCUT2D eigenvalue weighted by molar-refractivity contribution is 7.92. The molecule has 0 unspecified atom stereocenters. The van der Waals surface area contributed by atoms with E-state index in [1.54, 1.807) is 18.2 Å². The predicted octanol–water partition coefficient (Wildman–Crippen LogP) is 7.20. The summed E-state index contributed by atoms with van der Waals surface area (Å²) in [6, 6.07) is 28.7. The molecule has 0 heterocycles. The average Bonchev–Trinajstić information content (AvgIpc) is 3.57. The van der Waals surface area contributed by atoms with Gasteiger partial charge in [0.2, 0.25) is 11.8 Å². The summed E-state index contributed by atoms with van der Waals surface area (Å²) in [6.07, 6.45) is 4.10. The number of amides is 2. The summed E-state index contributed by atoms with van der Waals surface area (Å²) in [5, 5.41) is 3.59. The van der Waals surface area contributed by atoms with E-state index in [0.29, 0.717) is 0 Å². The van der Waals surface area contributed by atoms with Gasteiger partial charge in [-0.15, -0.1) is 0 Å². The zero-order valence-electron chi connectivity index (χ0n) is 25.6. The highest BCUT2D eigenvalue weighted by Crippen LogP contribution is 2.31. The van der Waals surface area contributed by atoms with Crippen LogP contribution in [0.25, 0.3) is 0 Å². The molecule has 1 fully saturated rings. The molecule has 10 heteroatoms. The van der Waals surface area contributed by atoms with Crippen molar-refractivity contribution in [2.45, 2.75) is 62.6 Å². The lowest BCUT2D eigenvalue weighted by molar-refractivity contribution is -0.140. The number of hydrogen-bond acceptors (Lipinski definition) is 4. The zero-order valence-corrected chi connectivity index (χ0v) is 27.9. The van der Waals surface area contributed by atoms with Crippen molar-refractivity contribution in [3.05, 3.63) is 130 Å². The number of sulfonamides is 1. The van der Waals surface area contributed by atoms with Crippen molar-refractivity contribution in [2.75, 3.05) is 10.8 Å². The van der Waals surface area contributed by atoms with Crippen LogP contribution in [0.2, 0.25) is 10.0 Å². The first-order valence-electron chi connectivity index (χ1n) is 15.3. The molecule has 0 aliphatic heterocycles. The Morgan fingerprint density at radius 2 is 1.48 bits per heavy atom. The van der Waals surface area contributed by atoms with Gasteiger partial charge in [-0.2, -0.15) is 0 Å². The van der Waals surface area contributed by atoms with E-state index in [4.69, 9.17) is 23.2 Å². The maximum atomic E-state index is 14.6. The largest absolute Gasteiger partial charge is 0.352 e. The predicted molar refractivity (Wildman–Crippen MR) is 183 cm³/mol. The Bertz CT molecular complexity index is 1760. The average molecular weight is 679 g/mol. The van der Waals surface area contributed by atoms with Gasteiger partial charge in [-0.1, -0.05) is 109 Å². The van der Waals surface area contributed by atoms with Crippen LogP contribution in [0.3, 0.4) is 0 Å². The van der Waals surface area contributed by atoms with E-state index in [1.165, 1.54) is 35.2 Å². The minimum absolute atomic E-state index is 0.0131. The van der Waals surface area contributed by atoms with Gasteiger partial charge in [0.25, 0.3) is 10.0 Å². The quantitative estimate of drug-likeness (QED) is 0.172. The minimum Gasteiger partial charge on any atom is -0.352 e. The fourth-order valence-electron chi connectivity index (χ4n) is 5.78. The molecule has 1 N–H and O–H groups in total. The molecule has 5 rings (SSSR count). The standard InChI is InChI=1S/C36H37Cl2N3O4S/c1-26-12-8-9-15-28(26)24-40(34(22-27-13-4-2-5-14-27)36(43)39-29-16-10-11-17-29)35(42)25-41(30-20-21-32(37)33(38)23-30)46(44,45)31-18-6-3-7-19-31/h2-9,12-15,18-21,23,29,34H,10-11,16-17,22,24-25H2,1H3,(H,39,43)/t34-/m0/s1. The minimum atomic E-state index is -4.23. The zero-order chi connectivity index (χ0) is 32.7. The number of hydrogen-bond donors (Lipinski definition) is 1. The SMILES string of the molecule is Cc1ccccc1CN(C(=O)CN(c1ccc(Cl)c(Cl)c1)S(=O)(=O)c1ccccc1)[C@@H](Cc1ccccc1)C(=O)NC1CCCC1. The Kier molecular flexibility index (Phi) is 11.0. The van der Waals surface area contributed by atoms with E-state index in [9.17, 15) is 18.0 Å². The van der Waals surface area contributed by atoms with Gasteiger partial charge in [0.05, 0.1) is 20.6 Å². The summed E-state index contributed by atoms with van der Waals surface area (Å²) in [7, 11) is -4.23. The van der Waals surface area contributed by atoms with Crippen molar-refractivity contribution in [3.63, 3.8) is 0 Å². The molecule has 4 aromatic rings. The van der Waals surface area contributed by atoms with Crippen molar-refractivity contribution in [3.8, 4) is 0 Å². The van der Waals surface area contributed by atoms with Gasteiger partial charge < -0.3 is 10.2 Å². The van der Waals surface area contributed by atoms with Gasteiger partial charge in [-0.3, -0.25) is 13.9 Å². The summed E-state index contributed by atoms with van der Waals surface area (Å²) in [5.74, 6) is -0.791.